The number of epoxide rings is 1. The summed E-state index contributed by atoms with van der Waals surface area (Å²) in [5.74, 6) is -1.29. The van der Waals surface area contributed by atoms with Crippen LogP contribution in [-0.4, -0.2) is 0 Å². The summed E-state index contributed by atoms with van der Waals surface area (Å²) in [5.41, 5.74) is -0.0512. The molecule has 0 aliphatic carbocycles. The zero-order valence-electron chi connectivity index (χ0n) is 9.87. The lowest BCUT2D eigenvalue weighted by Gasteiger charge is -2.09. The molecule has 4 heteroatoms. The van der Waals surface area contributed by atoms with E-state index in [-0.39, 0.29) is 5.56 Å². The highest BCUT2D eigenvalue weighted by molar-refractivity contribution is 6.31. The van der Waals surface area contributed by atoms with Gasteiger partial charge in [0.25, 0.3) is 0 Å². The van der Waals surface area contributed by atoms with E-state index in [1.807, 2.05) is 6.07 Å². The van der Waals surface area contributed by atoms with E-state index >= 15 is 0 Å². The molecular weight excluding hydrogens is 270 g/mol. The monoisotopic (exact) mass is 279 g/mol. The summed E-state index contributed by atoms with van der Waals surface area (Å²) >= 11 is 6.08. The second-order valence-electron chi connectivity index (χ2n) is 4.53. The molecule has 1 fully saturated rings. The largest absolute Gasteiger partial charge is 0.356 e. The second-order valence-corrected chi connectivity index (χ2v) is 4.94. The molecule has 1 radical (unpaired) electrons. The molecule has 3 rings (SSSR count). The van der Waals surface area contributed by atoms with Gasteiger partial charge < -0.3 is 4.74 Å². The van der Waals surface area contributed by atoms with Crippen LogP contribution in [0.4, 0.5) is 8.78 Å². The number of benzene rings is 2. The Hall–Kier alpha value is -1.45. The Kier molecular flexibility index (Phi) is 2.84. The van der Waals surface area contributed by atoms with Crippen molar-refractivity contribution in [3.05, 3.63) is 77.2 Å². The van der Waals surface area contributed by atoms with Crippen molar-refractivity contribution in [1.82, 2.24) is 0 Å². The maximum Gasteiger partial charge on any atom is 0.132 e. The van der Waals surface area contributed by atoms with Crippen LogP contribution in [0.3, 0.4) is 0 Å². The zero-order valence-corrected chi connectivity index (χ0v) is 10.6. The zero-order chi connectivity index (χ0) is 13.6. The maximum atomic E-state index is 13.8. The Morgan fingerprint density at radius 3 is 2.58 bits per heavy atom. The molecule has 0 N–H and O–H groups in total. The number of halogens is 3. The van der Waals surface area contributed by atoms with Crippen molar-refractivity contribution < 1.29 is 13.5 Å². The molecule has 1 heterocycles. The van der Waals surface area contributed by atoms with Crippen molar-refractivity contribution in [3.63, 3.8) is 0 Å². The molecule has 0 saturated carbocycles. The van der Waals surface area contributed by atoms with E-state index < -0.39 is 23.3 Å². The Balaban J connectivity index is 1.98. The first-order valence-corrected chi connectivity index (χ1v) is 6.13. The van der Waals surface area contributed by atoms with E-state index in [9.17, 15) is 8.78 Å². The molecule has 2 aromatic carbocycles. The molecule has 0 spiro atoms. The number of ether oxygens (including phenoxy) is 1. The van der Waals surface area contributed by atoms with Crippen LogP contribution in [0.5, 0.6) is 0 Å². The van der Waals surface area contributed by atoms with Gasteiger partial charge in [-0.1, -0.05) is 35.9 Å². The molecule has 0 unspecified atom stereocenters. The van der Waals surface area contributed by atoms with Crippen molar-refractivity contribution in [1.29, 1.82) is 0 Å². The van der Waals surface area contributed by atoms with Gasteiger partial charge in [-0.15, -0.1) is 0 Å². The molecular formula is C15H10ClF2O. The predicted molar refractivity (Wildman–Crippen MR) is 68.7 cm³/mol. The van der Waals surface area contributed by atoms with Crippen molar-refractivity contribution >= 4 is 11.6 Å². The lowest BCUT2D eigenvalue weighted by atomic mass is 9.93. The minimum atomic E-state index is -1.04. The van der Waals surface area contributed by atoms with Gasteiger partial charge in [0.2, 0.25) is 0 Å². The molecule has 2 atom stereocenters. The van der Waals surface area contributed by atoms with Crippen LogP contribution in [0.15, 0.2) is 42.5 Å². The van der Waals surface area contributed by atoms with Gasteiger partial charge in [-0.3, -0.25) is 0 Å². The number of hydrogen-bond acceptors (Lipinski definition) is 1. The van der Waals surface area contributed by atoms with Crippen LogP contribution in [0.25, 0.3) is 0 Å². The van der Waals surface area contributed by atoms with E-state index in [2.05, 4.69) is 6.92 Å². The van der Waals surface area contributed by atoms with Crippen molar-refractivity contribution in [2.24, 2.45) is 0 Å². The molecule has 1 aliphatic rings. The van der Waals surface area contributed by atoms with E-state index in [1.54, 1.807) is 18.2 Å². The molecule has 0 amide bonds. The van der Waals surface area contributed by atoms with Crippen molar-refractivity contribution in [3.8, 4) is 0 Å². The first kappa shape index (κ1) is 12.6. The van der Waals surface area contributed by atoms with Gasteiger partial charge in [-0.2, -0.15) is 0 Å². The SMILES string of the molecule is [CH2][C@]1(c2ccc(F)cc2F)O[C@@H]1c1ccccc1Cl. The quantitative estimate of drug-likeness (QED) is 0.742. The maximum absolute atomic E-state index is 13.8. The predicted octanol–water partition coefficient (Wildman–Crippen LogP) is 4.42. The molecule has 2 aromatic rings. The fraction of sp³-hybridized carbons (Fsp3) is 0.133. The fourth-order valence-corrected chi connectivity index (χ4v) is 2.45. The van der Waals surface area contributed by atoms with Gasteiger partial charge in [0.1, 0.15) is 23.3 Å². The molecule has 0 aromatic heterocycles. The Morgan fingerprint density at radius 1 is 1.16 bits per heavy atom. The second kappa shape index (κ2) is 4.29. The molecule has 1 nitrogen and oxygen atoms in total. The van der Waals surface area contributed by atoms with Crippen molar-refractivity contribution in [2.45, 2.75) is 11.7 Å². The van der Waals surface area contributed by atoms with Crippen LogP contribution in [0.1, 0.15) is 17.2 Å². The van der Waals surface area contributed by atoms with E-state index in [4.69, 9.17) is 16.3 Å². The minimum absolute atomic E-state index is 0.235. The van der Waals surface area contributed by atoms with Crippen LogP contribution < -0.4 is 0 Å². The smallest absolute Gasteiger partial charge is 0.132 e. The average Bonchev–Trinajstić information content (AvgIpc) is 3.02. The average molecular weight is 280 g/mol. The first-order chi connectivity index (χ1) is 9.02. The Labute approximate surface area is 114 Å². The molecule has 1 aliphatic heterocycles. The van der Waals surface area contributed by atoms with Gasteiger partial charge >= 0.3 is 0 Å². The van der Waals surface area contributed by atoms with Gasteiger partial charge in [0.15, 0.2) is 0 Å². The third-order valence-electron chi connectivity index (χ3n) is 3.27. The summed E-state index contributed by atoms with van der Waals surface area (Å²) in [6.07, 6.45) is -0.416. The van der Waals surface area contributed by atoms with Crippen LogP contribution >= 0.6 is 11.6 Å². The first-order valence-electron chi connectivity index (χ1n) is 5.75. The van der Waals surface area contributed by atoms with Crippen LogP contribution in [0.2, 0.25) is 5.02 Å². The summed E-state index contributed by atoms with van der Waals surface area (Å²) in [4.78, 5) is 0. The topological polar surface area (TPSA) is 12.5 Å². The summed E-state index contributed by atoms with van der Waals surface area (Å²) in [5, 5.41) is 0.542. The number of hydrogen-bond donors (Lipinski definition) is 0. The Bertz CT molecular complexity index is 644. The van der Waals surface area contributed by atoms with Crippen LogP contribution in [0, 0.1) is 18.6 Å². The van der Waals surface area contributed by atoms with Crippen LogP contribution in [-0.2, 0) is 10.3 Å². The standard InChI is InChI=1S/C15H10ClF2O/c1-15(11-7-6-9(17)8-13(11)18)14(19-15)10-4-2-3-5-12(10)16/h2-8,14H,1H2/t14-,15-/m1/s1. The summed E-state index contributed by atoms with van der Waals surface area (Å²) in [6, 6.07) is 10.5. The van der Waals surface area contributed by atoms with E-state index in [1.165, 1.54) is 12.1 Å². The summed E-state index contributed by atoms with van der Waals surface area (Å²) in [6.45, 7) is 3.90. The summed E-state index contributed by atoms with van der Waals surface area (Å²) in [7, 11) is 0. The molecule has 19 heavy (non-hydrogen) atoms. The summed E-state index contributed by atoms with van der Waals surface area (Å²) < 4.78 is 32.2. The Morgan fingerprint density at radius 2 is 1.89 bits per heavy atom. The number of rotatable bonds is 2. The van der Waals surface area contributed by atoms with E-state index in [0.29, 0.717) is 5.02 Å². The third-order valence-corrected chi connectivity index (χ3v) is 3.61. The highest BCUT2D eigenvalue weighted by Crippen LogP contribution is 2.58. The normalized spacial score (nSPS) is 25.4. The van der Waals surface area contributed by atoms with E-state index in [0.717, 1.165) is 11.6 Å². The molecule has 0 bridgehead atoms. The lowest BCUT2D eigenvalue weighted by molar-refractivity contribution is 0.327. The highest BCUT2D eigenvalue weighted by atomic mass is 35.5. The third kappa shape index (κ3) is 2.03. The molecule has 97 valence electrons. The van der Waals surface area contributed by atoms with Crippen molar-refractivity contribution in [2.75, 3.05) is 0 Å². The minimum Gasteiger partial charge on any atom is -0.356 e. The van der Waals surface area contributed by atoms with Gasteiger partial charge in [0.05, 0.1) is 0 Å². The molecule has 1 saturated heterocycles. The highest BCUT2D eigenvalue weighted by Gasteiger charge is 2.56. The fourth-order valence-electron chi connectivity index (χ4n) is 2.22. The van der Waals surface area contributed by atoms with Gasteiger partial charge in [-0.25, -0.2) is 8.78 Å². The van der Waals surface area contributed by atoms with Gasteiger partial charge in [0, 0.05) is 22.2 Å². The lowest BCUT2D eigenvalue weighted by Crippen LogP contribution is -2.08. The van der Waals surface area contributed by atoms with Gasteiger partial charge in [-0.05, 0) is 19.1 Å².